The van der Waals surface area contributed by atoms with E-state index < -0.39 is 4.92 Å². The lowest BCUT2D eigenvalue weighted by Gasteiger charge is -2.19. The lowest BCUT2D eigenvalue weighted by atomic mass is 10.2. The van der Waals surface area contributed by atoms with E-state index in [4.69, 9.17) is 0 Å². The molecule has 3 rings (SSSR count). The van der Waals surface area contributed by atoms with Crippen LogP contribution in [0.4, 0.5) is 5.69 Å². The standard InChI is InChI=1S/C21H19N3O3/c25-21-12-11-19(13-20(21)24(26)27)14-22-23(15-17-7-3-1-4-8-17)16-18-9-5-2-6-10-18/h1-14,25H,15-16H2/b22-14-. The van der Waals surface area contributed by atoms with Gasteiger partial charge in [-0.25, -0.2) is 0 Å². The van der Waals surface area contributed by atoms with Crippen LogP contribution in [0.1, 0.15) is 16.7 Å². The van der Waals surface area contributed by atoms with Crippen molar-refractivity contribution in [1.82, 2.24) is 5.01 Å². The Morgan fingerprint density at radius 2 is 1.48 bits per heavy atom. The second-order valence-corrected chi connectivity index (χ2v) is 6.04. The van der Waals surface area contributed by atoms with Gasteiger partial charge in [0.15, 0.2) is 5.75 Å². The Bertz CT molecular complexity index is 886. The van der Waals surface area contributed by atoms with Crippen molar-refractivity contribution < 1.29 is 10.0 Å². The van der Waals surface area contributed by atoms with Crippen molar-refractivity contribution in [2.45, 2.75) is 13.1 Å². The van der Waals surface area contributed by atoms with E-state index in [1.165, 1.54) is 12.1 Å². The topological polar surface area (TPSA) is 79.0 Å². The summed E-state index contributed by atoms with van der Waals surface area (Å²) in [5, 5.41) is 27.0. The van der Waals surface area contributed by atoms with Crippen molar-refractivity contribution in [2.75, 3.05) is 0 Å². The zero-order valence-corrected chi connectivity index (χ0v) is 14.6. The Morgan fingerprint density at radius 1 is 0.926 bits per heavy atom. The minimum Gasteiger partial charge on any atom is -0.502 e. The zero-order valence-electron chi connectivity index (χ0n) is 14.6. The van der Waals surface area contributed by atoms with Crippen LogP contribution < -0.4 is 0 Å². The van der Waals surface area contributed by atoms with Gasteiger partial charge in [0.05, 0.1) is 24.2 Å². The molecule has 0 atom stereocenters. The lowest BCUT2D eigenvalue weighted by Crippen LogP contribution is -2.17. The summed E-state index contributed by atoms with van der Waals surface area (Å²) in [7, 11) is 0. The molecule has 3 aromatic carbocycles. The molecule has 6 heteroatoms. The molecule has 0 aliphatic rings. The molecule has 0 saturated carbocycles. The molecule has 0 fully saturated rings. The van der Waals surface area contributed by atoms with Gasteiger partial charge in [-0.3, -0.25) is 15.1 Å². The first kappa shape index (κ1) is 18.1. The predicted octanol–water partition coefficient (Wildman–Crippen LogP) is 4.34. The maximum Gasteiger partial charge on any atom is 0.311 e. The van der Waals surface area contributed by atoms with Crippen molar-refractivity contribution in [3.05, 3.63) is 106 Å². The van der Waals surface area contributed by atoms with E-state index in [0.29, 0.717) is 18.7 Å². The fraction of sp³-hybridized carbons (Fsp3) is 0.0952. The number of nitrogens with zero attached hydrogens (tertiary/aromatic N) is 3. The maximum atomic E-state index is 11.0. The largest absolute Gasteiger partial charge is 0.502 e. The van der Waals surface area contributed by atoms with E-state index in [2.05, 4.69) is 5.10 Å². The summed E-state index contributed by atoms with van der Waals surface area (Å²) in [4.78, 5) is 10.4. The van der Waals surface area contributed by atoms with Crippen LogP contribution in [0.2, 0.25) is 0 Å². The summed E-state index contributed by atoms with van der Waals surface area (Å²) >= 11 is 0. The summed E-state index contributed by atoms with van der Waals surface area (Å²) in [6, 6.07) is 24.1. The average molecular weight is 361 g/mol. The van der Waals surface area contributed by atoms with Gasteiger partial charge in [-0.15, -0.1) is 0 Å². The number of phenolic OH excluding ortho intramolecular Hbond substituents is 1. The number of benzene rings is 3. The Hall–Kier alpha value is -3.67. The van der Waals surface area contributed by atoms with Gasteiger partial charge in [-0.1, -0.05) is 60.7 Å². The highest BCUT2D eigenvalue weighted by Crippen LogP contribution is 2.25. The molecular weight excluding hydrogens is 342 g/mol. The van der Waals surface area contributed by atoms with Crippen molar-refractivity contribution in [1.29, 1.82) is 0 Å². The lowest BCUT2D eigenvalue weighted by molar-refractivity contribution is -0.385. The Morgan fingerprint density at radius 3 is 2.00 bits per heavy atom. The van der Waals surface area contributed by atoms with Crippen LogP contribution in [0.5, 0.6) is 5.75 Å². The second-order valence-electron chi connectivity index (χ2n) is 6.04. The smallest absolute Gasteiger partial charge is 0.311 e. The molecule has 0 aliphatic heterocycles. The average Bonchev–Trinajstić information content (AvgIpc) is 2.68. The quantitative estimate of drug-likeness (QED) is 0.386. The summed E-state index contributed by atoms with van der Waals surface area (Å²) in [6.45, 7) is 1.21. The number of rotatable bonds is 7. The van der Waals surface area contributed by atoms with Crippen molar-refractivity contribution in [3.63, 3.8) is 0 Å². The van der Waals surface area contributed by atoms with Crippen molar-refractivity contribution in [2.24, 2.45) is 5.10 Å². The van der Waals surface area contributed by atoms with Crippen molar-refractivity contribution >= 4 is 11.9 Å². The number of nitro groups is 1. The Labute approximate surface area is 157 Å². The van der Waals surface area contributed by atoms with E-state index in [9.17, 15) is 15.2 Å². The third kappa shape index (κ3) is 5.15. The van der Waals surface area contributed by atoms with Crippen molar-refractivity contribution in [3.8, 4) is 5.75 Å². The molecule has 0 bridgehead atoms. The van der Waals surface area contributed by atoms with Gasteiger partial charge >= 0.3 is 5.69 Å². The molecule has 0 aromatic heterocycles. The zero-order chi connectivity index (χ0) is 19.1. The number of hydrazone groups is 1. The van der Waals surface area contributed by atoms with E-state index in [-0.39, 0.29) is 11.4 Å². The van der Waals surface area contributed by atoms with Gasteiger partial charge in [0, 0.05) is 11.6 Å². The summed E-state index contributed by atoms with van der Waals surface area (Å²) in [5.74, 6) is -0.359. The van der Waals surface area contributed by atoms with Gasteiger partial charge in [0.2, 0.25) is 0 Å². The number of aromatic hydroxyl groups is 1. The highest BCUT2D eigenvalue weighted by molar-refractivity contribution is 5.81. The molecule has 27 heavy (non-hydrogen) atoms. The highest BCUT2D eigenvalue weighted by atomic mass is 16.6. The summed E-state index contributed by atoms with van der Waals surface area (Å²) in [5.41, 5.74) is 2.44. The van der Waals surface area contributed by atoms with Crippen LogP contribution in [0, 0.1) is 10.1 Å². The molecule has 136 valence electrons. The van der Waals surface area contributed by atoms with Crippen LogP contribution in [-0.4, -0.2) is 21.3 Å². The van der Waals surface area contributed by atoms with Crippen LogP contribution in [0.3, 0.4) is 0 Å². The molecule has 0 spiro atoms. The van der Waals surface area contributed by atoms with Gasteiger partial charge < -0.3 is 5.11 Å². The molecule has 0 aliphatic carbocycles. The van der Waals surface area contributed by atoms with Crippen LogP contribution in [0.15, 0.2) is 84.0 Å². The number of phenols is 1. The van der Waals surface area contributed by atoms with E-state index in [1.54, 1.807) is 12.3 Å². The predicted molar refractivity (Wildman–Crippen MR) is 104 cm³/mol. The van der Waals surface area contributed by atoms with Gasteiger partial charge in [-0.2, -0.15) is 5.10 Å². The molecule has 0 radical (unpaired) electrons. The third-order valence-electron chi connectivity index (χ3n) is 3.98. The molecular formula is C21H19N3O3. The van der Waals surface area contributed by atoms with E-state index in [1.807, 2.05) is 65.7 Å². The molecule has 0 amide bonds. The minimum atomic E-state index is -0.613. The molecule has 0 unspecified atom stereocenters. The fourth-order valence-electron chi connectivity index (χ4n) is 2.64. The first-order valence-electron chi connectivity index (χ1n) is 8.46. The Kier molecular flexibility index (Phi) is 5.79. The van der Waals surface area contributed by atoms with Gasteiger partial charge in [-0.05, 0) is 23.3 Å². The summed E-state index contributed by atoms with van der Waals surface area (Å²) in [6.07, 6.45) is 1.57. The number of hydrogen-bond acceptors (Lipinski definition) is 5. The SMILES string of the molecule is O=[N+]([O-])c1cc(/C=N\N(Cc2ccccc2)Cc2ccccc2)ccc1O. The van der Waals surface area contributed by atoms with Crippen LogP contribution in [-0.2, 0) is 13.1 Å². The fourth-order valence-corrected chi connectivity index (χ4v) is 2.64. The summed E-state index contributed by atoms with van der Waals surface area (Å²) < 4.78 is 0. The Balaban J connectivity index is 1.83. The van der Waals surface area contributed by atoms with Crippen LogP contribution in [0.25, 0.3) is 0 Å². The maximum absolute atomic E-state index is 11.0. The van der Waals surface area contributed by atoms with Gasteiger partial charge in [0.1, 0.15) is 0 Å². The number of hydrogen-bond donors (Lipinski definition) is 1. The highest BCUT2D eigenvalue weighted by Gasteiger charge is 2.13. The number of nitro benzene ring substituents is 1. The second kappa shape index (κ2) is 8.62. The van der Waals surface area contributed by atoms with E-state index in [0.717, 1.165) is 11.1 Å². The molecule has 1 N–H and O–H groups in total. The normalized spacial score (nSPS) is 10.8. The first-order valence-corrected chi connectivity index (χ1v) is 8.46. The molecule has 3 aromatic rings. The molecule has 6 nitrogen and oxygen atoms in total. The minimum absolute atomic E-state index is 0.336. The van der Waals surface area contributed by atoms with E-state index >= 15 is 0 Å². The monoisotopic (exact) mass is 361 g/mol. The van der Waals surface area contributed by atoms with Crippen LogP contribution >= 0.6 is 0 Å². The third-order valence-corrected chi connectivity index (χ3v) is 3.98. The molecule has 0 saturated heterocycles. The van der Waals surface area contributed by atoms with Gasteiger partial charge in [0.25, 0.3) is 0 Å². The molecule has 0 heterocycles. The first-order chi connectivity index (χ1) is 13.1.